The first kappa shape index (κ1) is 23.3. The molecule has 182 valence electrons. The molecule has 0 aliphatic rings. The molecular formula is C28H27N5O3. The zero-order chi connectivity index (χ0) is 25.1. The number of hydrogen-bond donors (Lipinski definition) is 1. The molecule has 0 saturated carbocycles. The second-order valence-corrected chi connectivity index (χ2v) is 8.56. The molecule has 0 bridgehead atoms. The minimum absolute atomic E-state index is 0.143. The summed E-state index contributed by atoms with van der Waals surface area (Å²) in [4.78, 5) is 30.7. The summed E-state index contributed by atoms with van der Waals surface area (Å²) in [5, 5.41) is 9.57. The molecule has 1 amide bonds. The van der Waals surface area contributed by atoms with Crippen LogP contribution in [0.25, 0.3) is 21.8 Å². The number of benzene rings is 3. The molecule has 36 heavy (non-hydrogen) atoms. The van der Waals surface area contributed by atoms with Gasteiger partial charge in [0.05, 0.1) is 31.5 Å². The predicted molar refractivity (Wildman–Crippen MR) is 140 cm³/mol. The summed E-state index contributed by atoms with van der Waals surface area (Å²) in [6, 6.07) is 19.5. The van der Waals surface area contributed by atoms with Crippen LogP contribution in [0.4, 0.5) is 0 Å². The van der Waals surface area contributed by atoms with Crippen LogP contribution in [0.2, 0.25) is 0 Å². The molecule has 0 atom stereocenters. The van der Waals surface area contributed by atoms with E-state index in [1.165, 1.54) is 0 Å². The van der Waals surface area contributed by atoms with Crippen molar-refractivity contribution in [3.05, 3.63) is 100 Å². The Morgan fingerprint density at radius 1 is 1.03 bits per heavy atom. The lowest BCUT2D eigenvalue weighted by Crippen LogP contribution is -2.28. The first-order chi connectivity index (χ1) is 17.6. The van der Waals surface area contributed by atoms with E-state index in [9.17, 15) is 9.59 Å². The van der Waals surface area contributed by atoms with Crippen LogP contribution in [-0.2, 0) is 13.1 Å². The van der Waals surface area contributed by atoms with E-state index in [4.69, 9.17) is 4.74 Å². The fourth-order valence-electron chi connectivity index (χ4n) is 4.37. The van der Waals surface area contributed by atoms with E-state index in [0.717, 1.165) is 21.9 Å². The maximum absolute atomic E-state index is 13.2. The molecule has 1 N–H and O–H groups in total. The van der Waals surface area contributed by atoms with Crippen molar-refractivity contribution in [2.75, 3.05) is 13.2 Å². The van der Waals surface area contributed by atoms with Crippen LogP contribution in [0.3, 0.4) is 0 Å². The molecule has 0 unspecified atom stereocenters. The van der Waals surface area contributed by atoms with Crippen molar-refractivity contribution in [3.8, 4) is 5.75 Å². The Labute approximate surface area is 208 Å². The van der Waals surface area contributed by atoms with Crippen molar-refractivity contribution in [2.45, 2.75) is 26.9 Å². The minimum atomic E-state index is -0.222. The van der Waals surface area contributed by atoms with Gasteiger partial charge in [0, 0.05) is 6.54 Å². The van der Waals surface area contributed by atoms with Gasteiger partial charge < -0.3 is 10.1 Å². The Morgan fingerprint density at radius 3 is 2.67 bits per heavy atom. The van der Waals surface area contributed by atoms with E-state index in [1.54, 1.807) is 21.8 Å². The summed E-state index contributed by atoms with van der Waals surface area (Å²) >= 11 is 0. The molecule has 0 fully saturated rings. The summed E-state index contributed by atoms with van der Waals surface area (Å²) in [5.41, 5.74) is 3.05. The van der Waals surface area contributed by atoms with Crippen molar-refractivity contribution in [3.63, 3.8) is 0 Å². The average Bonchev–Trinajstić information content (AvgIpc) is 3.30. The molecule has 3 aromatic carbocycles. The van der Waals surface area contributed by atoms with Crippen LogP contribution in [0, 0.1) is 6.92 Å². The van der Waals surface area contributed by atoms with Gasteiger partial charge in [0.15, 0.2) is 5.65 Å². The van der Waals surface area contributed by atoms with Crippen LogP contribution in [0.1, 0.15) is 28.4 Å². The first-order valence-corrected chi connectivity index (χ1v) is 11.9. The molecule has 0 spiro atoms. The van der Waals surface area contributed by atoms with Crippen LogP contribution in [0.5, 0.6) is 5.75 Å². The molecule has 0 aliphatic heterocycles. The third-order valence-electron chi connectivity index (χ3n) is 6.25. The van der Waals surface area contributed by atoms with Gasteiger partial charge in [0.2, 0.25) is 0 Å². The van der Waals surface area contributed by atoms with E-state index in [0.29, 0.717) is 48.6 Å². The first-order valence-electron chi connectivity index (χ1n) is 11.9. The Balaban J connectivity index is 1.33. The maximum Gasteiger partial charge on any atom is 0.264 e. The Kier molecular flexibility index (Phi) is 6.49. The molecule has 8 heteroatoms. The van der Waals surface area contributed by atoms with Crippen LogP contribution < -0.4 is 15.6 Å². The smallest absolute Gasteiger partial charge is 0.264 e. The van der Waals surface area contributed by atoms with Crippen molar-refractivity contribution in [2.24, 2.45) is 0 Å². The Morgan fingerprint density at radius 2 is 1.83 bits per heavy atom. The van der Waals surface area contributed by atoms with Gasteiger partial charge in [0.1, 0.15) is 17.5 Å². The van der Waals surface area contributed by atoms with Crippen molar-refractivity contribution in [1.82, 2.24) is 24.6 Å². The highest BCUT2D eigenvalue weighted by atomic mass is 16.5. The summed E-state index contributed by atoms with van der Waals surface area (Å²) < 4.78 is 8.96. The van der Waals surface area contributed by atoms with Gasteiger partial charge in [-0.25, -0.2) is 9.67 Å². The number of hydrogen-bond acceptors (Lipinski definition) is 5. The molecule has 2 aromatic heterocycles. The largest absolute Gasteiger partial charge is 0.493 e. The highest BCUT2D eigenvalue weighted by molar-refractivity contribution is 6.09. The number of carbonyl (C=O) groups excluding carboxylic acids is 1. The van der Waals surface area contributed by atoms with Crippen LogP contribution in [0.15, 0.2) is 78.0 Å². The fourth-order valence-corrected chi connectivity index (χ4v) is 4.37. The van der Waals surface area contributed by atoms with E-state index >= 15 is 0 Å². The summed E-state index contributed by atoms with van der Waals surface area (Å²) in [7, 11) is 0. The number of ether oxygens (including phenoxy) is 1. The standard InChI is InChI=1S/C28H27N5O3/c1-3-36-24-13-12-20-9-6-7-11-22(20)25(24)27(34)29-14-15-33-26-23(16-31-33)28(35)32(18-30-26)17-21-10-5-4-8-19(21)2/h4-13,16,18H,3,14-15,17H2,1-2H3,(H,29,34). The monoisotopic (exact) mass is 481 g/mol. The number of aryl methyl sites for hydroxylation is 1. The van der Waals surface area contributed by atoms with Crippen LogP contribution >= 0.6 is 0 Å². The van der Waals surface area contributed by atoms with Crippen LogP contribution in [-0.4, -0.2) is 38.4 Å². The topological polar surface area (TPSA) is 91.0 Å². The second kappa shape index (κ2) is 10.0. The van der Waals surface area contributed by atoms with Gasteiger partial charge in [-0.15, -0.1) is 0 Å². The quantitative estimate of drug-likeness (QED) is 0.363. The summed E-state index contributed by atoms with van der Waals surface area (Å²) in [5.74, 6) is 0.328. The van der Waals surface area contributed by atoms with Crippen molar-refractivity contribution in [1.29, 1.82) is 0 Å². The molecule has 0 saturated heterocycles. The molecule has 5 aromatic rings. The highest BCUT2D eigenvalue weighted by Crippen LogP contribution is 2.28. The number of fused-ring (bicyclic) bond motifs is 2. The normalized spacial score (nSPS) is 11.2. The second-order valence-electron chi connectivity index (χ2n) is 8.56. The van der Waals surface area contributed by atoms with Gasteiger partial charge in [-0.2, -0.15) is 5.10 Å². The van der Waals surface area contributed by atoms with Gasteiger partial charge in [-0.05, 0) is 41.8 Å². The molecule has 2 heterocycles. The summed E-state index contributed by atoms with van der Waals surface area (Å²) in [6.45, 7) is 5.51. The molecule has 8 nitrogen and oxygen atoms in total. The average molecular weight is 482 g/mol. The lowest BCUT2D eigenvalue weighted by Gasteiger charge is -2.14. The number of nitrogens with one attached hydrogen (secondary N) is 1. The molecule has 0 radical (unpaired) electrons. The zero-order valence-corrected chi connectivity index (χ0v) is 20.3. The van der Waals surface area contributed by atoms with E-state index in [-0.39, 0.29) is 11.5 Å². The number of amides is 1. The number of nitrogens with zero attached hydrogens (tertiary/aromatic N) is 4. The van der Waals surface area contributed by atoms with E-state index < -0.39 is 0 Å². The molecular weight excluding hydrogens is 454 g/mol. The molecule has 5 rings (SSSR count). The molecule has 0 aliphatic carbocycles. The minimum Gasteiger partial charge on any atom is -0.493 e. The van der Waals surface area contributed by atoms with Gasteiger partial charge in [-0.1, -0.05) is 54.6 Å². The lowest BCUT2D eigenvalue weighted by molar-refractivity contribution is 0.0950. The fraction of sp³-hybridized carbons (Fsp3) is 0.214. The Hall–Kier alpha value is -4.46. The highest BCUT2D eigenvalue weighted by Gasteiger charge is 2.17. The van der Waals surface area contributed by atoms with Crippen molar-refractivity contribution < 1.29 is 9.53 Å². The van der Waals surface area contributed by atoms with Gasteiger partial charge in [0.25, 0.3) is 11.5 Å². The van der Waals surface area contributed by atoms with Crippen molar-refractivity contribution >= 4 is 27.7 Å². The third-order valence-corrected chi connectivity index (χ3v) is 6.25. The number of carbonyl (C=O) groups is 1. The number of aromatic nitrogens is 4. The van der Waals surface area contributed by atoms with E-state index in [1.807, 2.05) is 74.5 Å². The van der Waals surface area contributed by atoms with Gasteiger partial charge >= 0.3 is 0 Å². The SMILES string of the molecule is CCOc1ccc2ccccc2c1C(=O)NCCn1ncc2c(=O)n(Cc3ccccc3C)cnc21. The predicted octanol–water partition coefficient (Wildman–Crippen LogP) is 3.93. The Bertz CT molecular complexity index is 1620. The zero-order valence-electron chi connectivity index (χ0n) is 20.3. The maximum atomic E-state index is 13.2. The number of rotatable bonds is 8. The summed E-state index contributed by atoms with van der Waals surface area (Å²) in [6.07, 6.45) is 3.09. The lowest BCUT2D eigenvalue weighted by atomic mass is 10.0. The third kappa shape index (κ3) is 4.45. The van der Waals surface area contributed by atoms with E-state index in [2.05, 4.69) is 15.4 Å². The van der Waals surface area contributed by atoms with Gasteiger partial charge in [-0.3, -0.25) is 14.2 Å².